The van der Waals surface area contributed by atoms with Gasteiger partial charge in [0.15, 0.2) is 0 Å². The largest absolute Gasteiger partial charge is 0.508 e. The van der Waals surface area contributed by atoms with Crippen molar-refractivity contribution in [3.63, 3.8) is 0 Å². The molecule has 0 atom stereocenters. The van der Waals surface area contributed by atoms with E-state index in [1.54, 1.807) is 6.07 Å². The van der Waals surface area contributed by atoms with E-state index in [0.29, 0.717) is 18.0 Å². The maximum atomic E-state index is 9.48. The van der Waals surface area contributed by atoms with Gasteiger partial charge in [-0.05, 0) is 49.2 Å². The van der Waals surface area contributed by atoms with Gasteiger partial charge in [-0.3, -0.25) is 0 Å². The van der Waals surface area contributed by atoms with E-state index in [1.807, 2.05) is 43.7 Å². The second-order valence-corrected chi connectivity index (χ2v) is 4.67. The van der Waals surface area contributed by atoms with Crippen LogP contribution in [0.4, 0.5) is 5.69 Å². The van der Waals surface area contributed by atoms with Gasteiger partial charge < -0.3 is 15.0 Å². The molecule has 98 valence electrons. The Balaban J connectivity index is 2.15. The lowest BCUT2D eigenvalue weighted by molar-refractivity contribution is 0.471. The molecule has 2 rings (SSSR count). The van der Waals surface area contributed by atoms with Crippen LogP contribution in [0.15, 0.2) is 24.3 Å². The summed E-state index contributed by atoms with van der Waals surface area (Å²) in [6, 6.07) is 9.49. The van der Waals surface area contributed by atoms with Gasteiger partial charge >= 0.3 is 0 Å². The number of rotatable bonds is 3. The summed E-state index contributed by atoms with van der Waals surface area (Å²) in [7, 11) is 1.89. The van der Waals surface area contributed by atoms with Gasteiger partial charge in [0.05, 0.1) is 0 Å². The first-order chi connectivity index (χ1) is 9.02. The Morgan fingerprint density at radius 1 is 1.32 bits per heavy atom. The van der Waals surface area contributed by atoms with Gasteiger partial charge in [0, 0.05) is 25.0 Å². The first-order valence-corrected chi connectivity index (χ1v) is 6.11. The monoisotopic (exact) mass is 255 g/mol. The smallest absolute Gasteiger partial charge is 0.120 e. The van der Waals surface area contributed by atoms with Gasteiger partial charge in [-0.15, -0.1) is 0 Å². The van der Waals surface area contributed by atoms with Crippen LogP contribution >= 0.6 is 0 Å². The fourth-order valence-electron chi connectivity index (χ4n) is 2.01. The van der Waals surface area contributed by atoms with Crippen LogP contribution in [0.25, 0.3) is 0 Å². The molecule has 4 heteroatoms. The van der Waals surface area contributed by atoms with Gasteiger partial charge in [-0.2, -0.15) is 5.26 Å². The topological polar surface area (TPSA) is 61.0 Å². The average Bonchev–Trinajstić information content (AvgIpc) is 2.67. The molecule has 2 N–H and O–H groups in total. The number of nitrogens with zero attached hydrogens (tertiary/aromatic N) is 2. The molecule has 0 aliphatic carbocycles. The molecule has 1 aromatic carbocycles. The Bertz CT molecular complexity index is 650. The van der Waals surface area contributed by atoms with Crippen molar-refractivity contribution in [2.45, 2.75) is 20.4 Å². The first-order valence-electron chi connectivity index (χ1n) is 6.11. The van der Waals surface area contributed by atoms with E-state index in [9.17, 15) is 5.11 Å². The van der Waals surface area contributed by atoms with Gasteiger partial charge in [-0.25, -0.2) is 0 Å². The quantitative estimate of drug-likeness (QED) is 0.829. The standard InChI is InChI=1S/C15H17N3O/c1-10-6-13(4-5-15(10)19)17-9-12-7-14(8-16)18(3)11(12)2/h4-7,17,19H,9H2,1-3H3. The molecule has 0 aliphatic rings. The predicted molar refractivity (Wildman–Crippen MR) is 75.0 cm³/mol. The highest BCUT2D eigenvalue weighted by atomic mass is 16.3. The van der Waals surface area contributed by atoms with Crippen molar-refractivity contribution < 1.29 is 5.11 Å². The third-order valence-electron chi connectivity index (χ3n) is 3.43. The van der Waals surface area contributed by atoms with Crippen molar-refractivity contribution in [3.8, 4) is 11.8 Å². The van der Waals surface area contributed by atoms with Crippen LogP contribution in [-0.4, -0.2) is 9.67 Å². The van der Waals surface area contributed by atoms with Crippen molar-refractivity contribution in [2.75, 3.05) is 5.32 Å². The van der Waals surface area contributed by atoms with Crippen molar-refractivity contribution in [1.29, 1.82) is 5.26 Å². The Morgan fingerprint density at radius 2 is 2.05 bits per heavy atom. The summed E-state index contributed by atoms with van der Waals surface area (Å²) < 4.78 is 1.89. The number of aromatic nitrogens is 1. The molecule has 4 nitrogen and oxygen atoms in total. The lowest BCUT2D eigenvalue weighted by Gasteiger charge is -2.08. The summed E-state index contributed by atoms with van der Waals surface area (Å²) in [5.74, 6) is 0.299. The van der Waals surface area contributed by atoms with E-state index in [2.05, 4.69) is 11.4 Å². The van der Waals surface area contributed by atoms with E-state index in [0.717, 1.165) is 22.5 Å². The second-order valence-electron chi connectivity index (χ2n) is 4.67. The number of aryl methyl sites for hydroxylation is 1. The van der Waals surface area contributed by atoms with Crippen molar-refractivity contribution in [1.82, 2.24) is 4.57 Å². The van der Waals surface area contributed by atoms with E-state index in [4.69, 9.17) is 5.26 Å². The van der Waals surface area contributed by atoms with Crippen LogP contribution in [0, 0.1) is 25.2 Å². The van der Waals surface area contributed by atoms with Gasteiger partial charge in [-0.1, -0.05) is 0 Å². The molecule has 0 saturated carbocycles. The molecule has 0 bridgehead atoms. The fourth-order valence-corrected chi connectivity index (χ4v) is 2.01. The molecule has 2 aromatic rings. The van der Waals surface area contributed by atoms with Gasteiger partial charge in [0.25, 0.3) is 0 Å². The molecule has 1 heterocycles. The SMILES string of the molecule is Cc1cc(NCc2cc(C#N)n(C)c2C)ccc1O. The zero-order chi connectivity index (χ0) is 14.0. The maximum absolute atomic E-state index is 9.48. The van der Waals surface area contributed by atoms with Crippen LogP contribution in [-0.2, 0) is 13.6 Å². The van der Waals surface area contributed by atoms with Crippen LogP contribution in [0.5, 0.6) is 5.75 Å². The molecular formula is C15H17N3O. The molecular weight excluding hydrogens is 238 g/mol. The first kappa shape index (κ1) is 13.0. The summed E-state index contributed by atoms with van der Waals surface area (Å²) in [4.78, 5) is 0. The number of phenols is 1. The molecule has 0 unspecified atom stereocenters. The van der Waals surface area contributed by atoms with E-state index in [1.165, 1.54) is 0 Å². The minimum Gasteiger partial charge on any atom is -0.508 e. The lowest BCUT2D eigenvalue weighted by Crippen LogP contribution is -2.01. The molecule has 0 fully saturated rings. The number of phenolic OH excluding ortho intramolecular Hbond substituents is 1. The third kappa shape index (κ3) is 2.55. The van der Waals surface area contributed by atoms with Crippen molar-refractivity contribution in [2.24, 2.45) is 7.05 Å². The lowest BCUT2D eigenvalue weighted by atomic mass is 10.2. The maximum Gasteiger partial charge on any atom is 0.120 e. The minimum absolute atomic E-state index is 0.299. The second kappa shape index (κ2) is 5.07. The highest BCUT2D eigenvalue weighted by Crippen LogP contribution is 2.21. The Hall–Kier alpha value is -2.41. The Labute approximate surface area is 112 Å². The van der Waals surface area contributed by atoms with Crippen LogP contribution in [0.3, 0.4) is 0 Å². The zero-order valence-electron chi connectivity index (χ0n) is 11.4. The van der Waals surface area contributed by atoms with Crippen LogP contribution in [0.2, 0.25) is 0 Å². The van der Waals surface area contributed by atoms with E-state index in [-0.39, 0.29) is 0 Å². The number of anilines is 1. The minimum atomic E-state index is 0.299. The number of hydrogen-bond acceptors (Lipinski definition) is 3. The number of nitriles is 1. The molecule has 0 aliphatic heterocycles. The van der Waals surface area contributed by atoms with Gasteiger partial charge in [0.2, 0.25) is 0 Å². The summed E-state index contributed by atoms with van der Waals surface area (Å²) in [5.41, 5.74) is 4.64. The molecule has 0 radical (unpaired) electrons. The summed E-state index contributed by atoms with van der Waals surface area (Å²) in [6.07, 6.45) is 0. The fraction of sp³-hybridized carbons (Fsp3) is 0.267. The molecule has 1 aromatic heterocycles. The number of hydrogen-bond donors (Lipinski definition) is 2. The van der Waals surface area contributed by atoms with E-state index < -0.39 is 0 Å². The van der Waals surface area contributed by atoms with Crippen LogP contribution in [0.1, 0.15) is 22.5 Å². The normalized spacial score (nSPS) is 10.2. The van der Waals surface area contributed by atoms with Crippen LogP contribution < -0.4 is 5.32 Å². The number of nitrogens with one attached hydrogen (secondary N) is 1. The van der Waals surface area contributed by atoms with E-state index >= 15 is 0 Å². The summed E-state index contributed by atoms with van der Waals surface area (Å²) in [6.45, 7) is 4.52. The third-order valence-corrected chi connectivity index (χ3v) is 3.43. The summed E-state index contributed by atoms with van der Waals surface area (Å²) in [5, 5.41) is 21.8. The highest BCUT2D eigenvalue weighted by molar-refractivity contribution is 5.51. The van der Waals surface area contributed by atoms with Crippen molar-refractivity contribution >= 4 is 5.69 Å². The molecule has 19 heavy (non-hydrogen) atoms. The number of aromatic hydroxyl groups is 1. The molecule has 0 saturated heterocycles. The summed E-state index contributed by atoms with van der Waals surface area (Å²) >= 11 is 0. The zero-order valence-corrected chi connectivity index (χ0v) is 11.4. The molecule has 0 spiro atoms. The average molecular weight is 255 g/mol. The van der Waals surface area contributed by atoms with Crippen molar-refractivity contribution in [3.05, 3.63) is 46.8 Å². The van der Waals surface area contributed by atoms with Gasteiger partial charge in [0.1, 0.15) is 17.5 Å². The molecule has 0 amide bonds. The Kier molecular flexibility index (Phi) is 3.48. The predicted octanol–water partition coefficient (Wildman–Crippen LogP) is 2.83. The highest BCUT2D eigenvalue weighted by Gasteiger charge is 2.08. The Morgan fingerprint density at radius 3 is 2.63 bits per heavy atom. The number of benzene rings is 1.